The van der Waals surface area contributed by atoms with Crippen molar-refractivity contribution in [3.8, 4) is 10.4 Å². The van der Waals surface area contributed by atoms with Crippen molar-refractivity contribution in [2.24, 2.45) is 0 Å². The Morgan fingerprint density at radius 1 is 0.929 bits per heavy atom. The van der Waals surface area contributed by atoms with E-state index in [1.165, 1.54) is 46.8 Å². The van der Waals surface area contributed by atoms with Gasteiger partial charge in [-0.1, -0.05) is 18.2 Å². The normalized spacial score (nSPS) is 10.8. The predicted octanol–water partition coefficient (Wildman–Crippen LogP) is 6.13. The summed E-state index contributed by atoms with van der Waals surface area (Å²) in [6.45, 7) is 0.259. The SMILES string of the molecule is O=C(c1ccco1)N(Cc1ccc(-c2ccc(F)cc2)s1)c1cccc(F)c1. The number of amides is 1. The number of halogens is 2. The van der Waals surface area contributed by atoms with Gasteiger partial charge in [0.25, 0.3) is 5.91 Å². The molecule has 2 aromatic heterocycles. The molecule has 0 saturated heterocycles. The van der Waals surface area contributed by atoms with Crippen LogP contribution in [-0.4, -0.2) is 5.91 Å². The second kappa shape index (κ2) is 7.78. The van der Waals surface area contributed by atoms with Crippen LogP contribution in [0.2, 0.25) is 0 Å². The number of hydrogen-bond acceptors (Lipinski definition) is 3. The highest BCUT2D eigenvalue weighted by atomic mass is 32.1. The van der Waals surface area contributed by atoms with Crippen LogP contribution in [0.1, 0.15) is 15.4 Å². The average Bonchev–Trinajstić information content (AvgIpc) is 3.38. The molecule has 0 aliphatic carbocycles. The first kappa shape index (κ1) is 18.1. The number of hydrogen-bond donors (Lipinski definition) is 0. The fourth-order valence-corrected chi connectivity index (χ4v) is 3.85. The Morgan fingerprint density at radius 2 is 1.75 bits per heavy atom. The van der Waals surface area contributed by atoms with Crippen LogP contribution >= 0.6 is 11.3 Å². The molecule has 0 aliphatic rings. The van der Waals surface area contributed by atoms with Gasteiger partial charge in [0.05, 0.1) is 12.8 Å². The van der Waals surface area contributed by atoms with Crippen molar-refractivity contribution in [1.82, 2.24) is 0 Å². The van der Waals surface area contributed by atoms with Crippen molar-refractivity contribution in [3.63, 3.8) is 0 Å². The largest absolute Gasteiger partial charge is 0.459 e. The Kier molecular flexibility index (Phi) is 5.04. The van der Waals surface area contributed by atoms with Gasteiger partial charge < -0.3 is 9.32 Å². The molecule has 4 aromatic rings. The minimum Gasteiger partial charge on any atom is -0.459 e. The number of carbonyl (C=O) groups excluding carboxylic acids is 1. The molecule has 4 rings (SSSR count). The summed E-state index contributed by atoms with van der Waals surface area (Å²) in [5, 5.41) is 0. The number of furan rings is 1. The number of benzene rings is 2. The van der Waals surface area contributed by atoms with Crippen LogP contribution in [0.25, 0.3) is 10.4 Å². The second-order valence-electron chi connectivity index (χ2n) is 6.12. The van der Waals surface area contributed by atoms with E-state index in [2.05, 4.69) is 0 Å². The van der Waals surface area contributed by atoms with Crippen LogP contribution in [0.15, 0.2) is 83.5 Å². The summed E-state index contributed by atoms with van der Waals surface area (Å²) in [4.78, 5) is 16.2. The zero-order valence-electron chi connectivity index (χ0n) is 14.6. The van der Waals surface area contributed by atoms with E-state index in [0.29, 0.717) is 5.69 Å². The van der Waals surface area contributed by atoms with E-state index < -0.39 is 5.82 Å². The lowest BCUT2D eigenvalue weighted by Gasteiger charge is -2.21. The molecule has 1 amide bonds. The highest BCUT2D eigenvalue weighted by Crippen LogP contribution is 2.30. The third-order valence-electron chi connectivity index (χ3n) is 4.20. The van der Waals surface area contributed by atoms with E-state index in [-0.39, 0.29) is 24.0 Å². The lowest BCUT2D eigenvalue weighted by atomic mass is 10.2. The van der Waals surface area contributed by atoms with Gasteiger partial charge in [-0.2, -0.15) is 0 Å². The van der Waals surface area contributed by atoms with Crippen molar-refractivity contribution in [2.45, 2.75) is 6.54 Å². The van der Waals surface area contributed by atoms with E-state index in [4.69, 9.17) is 4.42 Å². The van der Waals surface area contributed by atoms with E-state index >= 15 is 0 Å². The van der Waals surface area contributed by atoms with Gasteiger partial charge in [-0.3, -0.25) is 4.79 Å². The lowest BCUT2D eigenvalue weighted by Crippen LogP contribution is -2.29. The van der Waals surface area contributed by atoms with Crippen molar-refractivity contribution in [2.75, 3.05) is 4.90 Å². The molecule has 0 N–H and O–H groups in total. The van der Waals surface area contributed by atoms with Crippen LogP contribution in [-0.2, 0) is 6.54 Å². The first-order valence-electron chi connectivity index (χ1n) is 8.56. The summed E-state index contributed by atoms with van der Waals surface area (Å²) in [6, 6.07) is 19.2. The Morgan fingerprint density at radius 3 is 2.46 bits per heavy atom. The molecule has 0 radical (unpaired) electrons. The Labute approximate surface area is 164 Å². The van der Waals surface area contributed by atoms with Crippen molar-refractivity contribution >= 4 is 22.9 Å². The molecule has 3 nitrogen and oxygen atoms in total. The zero-order chi connectivity index (χ0) is 19.5. The van der Waals surface area contributed by atoms with E-state index in [0.717, 1.165) is 15.3 Å². The number of rotatable bonds is 5. The third kappa shape index (κ3) is 3.87. The van der Waals surface area contributed by atoms with Crippen LogP contribution in [0.4, 0.5) is 14.5 Å². The summed E-state index contributed by atoms with van der Waals surface area (Å²) >= 11 is 1.49. The van der Waals surface area contributed by atoms with Gasteiger partial charge in [0.2, 0.25) is 0 Å². The topological polar surface area (TPSA) is 33.5 Å². The summed E-state index contributed by atoms with van der Waals surface area (Å²) in [5.74, 6) is -0.887. The monoisotopic (exact) mass is 395 g/mol. The zero-order valence-corrected chi connectivity index (χ0v) is 15.5. The summed E-state index contributed by atoms with van der Waals surface area (Å²) < 4.78 is 32.1. The molecular weight excluding hydrogens is 380 g/mol. The van der Waals surface area contributed by atoms with Gasteiger partial charge >= 0.3 is 0 Å². The smallest absolute Gasteiger partial charge is 0.294 e. The molecule has 0 saturated carbocycles. The minimum atomic E-state index is -0.423. The van der Waals surface area contributed by atoms with E-state index in [1.807, 2.05) is 12.1 Å². The van der Waals surface area contributed by atoms with Gasteiger partial charge in [0, 0.05) is 15.4 Å². The quantitative estimate of drug-likeness (QED) is 0.407. The molecule has 2 heterocycles. The maximum atomic E-state index is 13.7. The second-order valence-corrected chi connectivity index (χ2v) is 7.29. The number of carbonyl (C=O) groups is 1. The number of thiophene rings is 1. The van der Waals surface area contributed by atoms with Gasteiger partial charge in [0.1, 0.15) is 11.6 Å². The van der Waals surface area contributed by atoms with Crippen LogP contribution in [0, 0.1) is 11.6 Å². The van der Waals surface area contributed by atoms with E-state index in [1.54, 1.807) is 36.4 Å². The number of nitrogens with zero attached hydrogens (tertiary/aromatic N) is 1. The van der Waals surface area contributed by atoms with Gasteiger partial charge in [-0.15, -0.1) is 11.3 Å². The minimum absolute atomic E-state index is 0.180. The maximum Gasteiger partial charge on any atom is 0.294 e. The van der Waals surface area contributed by atoms with E-state index in [9.17, 15) is 13.6 Å². The lowest BCUT2D eigenvalue weighted by molar-refractivity contribution is 0.0958. The first-order valence-corrected chi connectivity index (χ1v) is 9.37. The molecule has 28 heavy (non-hydrogen) atoms. The molecule has 0 unspecified atom stereocenters. The van der Waals surface area contributed by atoms with Gasteiger partial charge in [-0.25, -0.2) is 8.78 Å². The fourth-order valence-electron chi connectivity index (χ4n) is 2.85. The highest BCUT2D eigenvalue weighted by molar-refractivity contribution is 7.15. The molecule has 140 valence electrons. The molecule has 0 atom stereocenters. The molecule has 0 spiro atoms. The summed E-state index contributed by atoms with van der Waals surface area (Å²) in [5.41, 5.74) is 1.34. The Hall–Kier alpha value is -3.25. The van der Waals surface area contributed by atoms with Crippen molar-refractivity contribution in [1.29, 1.82) is 0 Å². The first-order chi connectivity index (χ1) is 13.6. The van der Waals surface area contributed by atoms with Crippen LogP contribution in [0.3, 0.4) is 0 Å². The standard InChI is InChI=1S/C22H15F2NO2S/c23-16-8-6-15(7-9-16)21-11-10-19(28-21)14-25(18-4-1-3-17(24)13-18)22(26)20-5-2-12-27-20/h1-13H,14H2. The van der Waals surface area contributed by atoms with Gasteiger partial charge in [0.15, 0.2) is 5.76 Å². The molecule has 2 aromatic carbocycles. The molecule has 0 bridgehead atoms. The highest BCUT2D eigenvalue weighted by Gasteiger charge is 2.21. The van der Waals surface area contributed by atoms with Crippen LogP contribution < -0.4 is 4.90 Å². The Balaban J connectivity index is 1.64. The summed E-state index contributed by atoms with van der Waals surface area (Å²) in [7, 11) is 0. The Bertz CT molecular complexity index is 1090. The molecule has 0 aliphatic heterocycles. The summed E-state index contributed by atoms with van der Waals surface area (Å²) in [6.07, 6.45) is 1.43. The van der Waals surface area contributed by atoms with Crippen LogP contribution in [0.5, 0.6) is 0 Å². The average molecular weight is 395 g/mol. The predicted molar refractivity (Wildman–Crippen MR) is 105 cm³/mol. The third-order valence-corrected chi connectivity index (χ3v) is 5.32. The molecule has 6 heteroatoms. The van der Waals surface area contributed by atoms with Crippen molar-refractivity contribution in [3.05, 3.63) is 101 Å². The van der Waals surface area contributed by atoms with Gasteiger partial charge in [-0.05, 0) is 60.2 Å². The number of anilines is 1. The fraction of sp³-hybridized carbons (Fsp3) is 0.0455. The maximum absolute atomic E-state index is 13.7. The molecular formula is C22H15F2NO2S. The molecule has 0 fully saturated rings. The van der Waals surface area contributed by atoms with Crippen molar-refractivity contribution < 1.29 is 18.0 Å².